The molecular weight excluding hydrogens is 296 g/mol. The molecule has 0 bridgehead atoms. The first-order valence-corrected chi connectivity index (χ1v) is 8.27. The summed E-state index contributed by atoms with van der Waals surface area (Å²) in [7, 11) is 0. The first-order valence-electron chi connectivity index (χ1n) is 8.27. The van der Waals surface area contributed by atoms with Crippen molar-refractivity contribution in [1.82, 2.24) is 0 Å². The van der Waals surface area contributed by atoms with Crippen LogP contribution in [0, 0.1) is 22.5 Å². The highest BCUT2D eigenvalue weighted by molar-refractivity contribution is 5.64. The molecule has 126 valence electrons. The van der Waals surface area contributed by atoms with Crippen molar-refractivity contribution >= 4 is 11.4 Å². The SMILES string of the molecule is CCO[C@H]1C[C@@H](O)C12CCN(c1ccc(C)cc1[N+](=O)[O-])CC2. The van der Waals surface area contributed by atoms with Gasteiger partial charge in [-0.1, -0.05) is 6.07 Å². The molecule has 2 fully saturated rings. The van der Waals surface area contributed by atoms with Crippen molar-refractivity contribution < 1.29 is 14.8 Å². The summed E-state index contributed by atoms with van der Waals surface area (Å²) in [5, 5.41) is 21.6. The van der Waals surface area contributed by atoms with E-state index in [2.05, 4.69) is 4.90 Å². The van der Waals surface area contributed by atoms with E-state index in [1.165, 1.54) is 0 Å². The number of hydrogen-bond acceptors (Lipinski definition) is 5. The maximum absolute atomic E-state index is 11.3. The Labute approximate surface area is 136 Å². The maximum atomic E-state index is 11.3. The summed E-state index contributed by atoms with van der Waals surface area (Å²) >= 11 is 0. The van der Waals surface area contributed by atoms with E-state index in [0.717, 1.165) is 18.4 Å². The van der Waals surface area contributed by atoms with E-state index in [0.29, 0.717) is 31.8 Å². The van der Waals surface area contributed by atoms with Gasteiger partial charge < -0.3 is 14.7 Å². The molecule has 1 saturated carbocycles. The Balaban J connectivity index is 1.76. The van der Waals surface area contributed by atoms with Gasteiger partial charge in [0.15, 0.2) is 0 Å². The van der Waals surface area contributed by atoms with Gasteiger partial charge in [-0.05, 0) is 38.3 Å². The molecule has 2 aliphatic rings. The smallest absolute Gasteiger partial charge is 0.292 e. The van der Waals surface area contributed by atoms with Crippen molar-refractivity contribution in [3.8, 4) is 0 Å². The lowest BCUT2D eigenvalue weighted by atomic mass is 9.58. The predicted molar refractivity (Wildman–Crippen MR) is 87.8 cm³/mol. The van der Waals surface area contributed by atoms with Crippen LogP contribution in [0.25, 0.3) is 0 Å². The molecule has 3 rings (SSSR count). The van der Waals surface area contributed by atoms with Crippen LogP contribution in [0.2, 0.25) is 0 Å². The highest BCUT2D eigenvalue weighted by Gasteiger charge is 2.56. The van der Waals surface area contributed by atoms with E-state index in [1.807, 2.05) is 26.0 Å². The number of ether oxygens (including phenoxy) is 1. The highest BCUT2D eigenvalue weighted by atomic mass is 16.6. The van der Waals surface area contributed by atoms with Crippen LogP contribution in [-0.4, -0.2) is 41.9 Å². The number of nitro benzene ring substituents is 1. The summed E-state index contributed by atoms with van der Waals surface area (Å²) in [6, 6.07) is 5.37. The molecule has 1 spiro atoms. The average molecular weight is 320 g/mol. The lowest BCUT2D eigenvalue weighted by Gasteiger charge is -2.56. The molecule has 1 N–H and O–H groups in total. The third kappa shape index (κ3) is 2.70. The second kappa shape index (κ2) is 6.09. The molecule has 2 atom stereocenters. The van der Waals surface area contributed by atoms with Gasteiger partial charge >= 0.3 is 0 Å². The minimum atomic E-state index is -0.312. The average Bonchev–Trinajstić information content (AvgIpc) is 2.55. The minimum Gasteiger partial charge on any atom is -0.392 e. The van der Waals surface area contributed by atoms with Crippen molar-refractivity contribution in [3.63, 3.8) is 0 Å². The third-order valence-corrected chi connectivity index (χ3v) is 5.47. The van der Waals surface area contributed by atoms with Crippen LogP contribution >= 0.6 is 0 Å². The Bertz CT molecular complexity index is 594. The molecule has 6 nitrogen and oxygen atoms in total. The van der Waals surface area contributed by atoms with Crippen molar-refractivity contribution in [2.75, 3.05) is 24.6 Å². The lowest BCUT2D eigenvalue weighted by Crippen LogP contribution is -2.62. The van der Waals surface area contributed by atoms with Gasteiger partial charge in [0.25, 0.3) is 5.69 Å². The molecule has 1 heterocycles. The van der Waals surface area contributed by atoms with Gasteiger partial charge in [0, 0.05) is 37.6 Å². The zero-order valence-corrected chi connectivity index (χ0v) is 13.7. The van der Waals surface area contributed by atoms with Crippen LogP contribution < -0.4 is 4.90 Å². The fraction of sp³-hybridized carbons (Fsp3) is 0.647. The van der Waals surface area contributed by atoms with Crippen molar-refractivity contribution in [2.45, 2.75) is 45.3 Å². The molecular formula is C17H24N2O4. The molecule has 0 aromatic heterocycles. The van der Waals surface area contributed by atoms with Crippen molar-refractivity contribution in [1.29, 1.82) is 0 Å². The molecule has 1 aliphatic carbocycles. The fourth-order valence-corrected chi connectivity index (χ4v) is 4.03. The first kappa shape index (κ1) is 16.2. The summed E-state index contributed by atoms with van der Waals surface area (Å²) < 4.78 is 5.77. The number of benzene rings is 1. The predicted octanol–water partition coefficient (Wildman–Crippen LogP) is 2.66. The molecule has 1 aromatic carbocycles. The molecule has 1 aromatic rings. The number of piperidine rings is 1. The molecule has 0 amide bonds. The highest BCUT2D eigenvalue weighted by Crippen LogP contribution is 2.51. The Morgan fingerprint density at radius 2 is 2.13 bits per heavy atom. The molecule has 0 radical (unpaired) electrons. The normalized spacial score (nSPS) is 26.1. The van der Waals surface area contributed by atoms with Crippen LogP contribution in [0.3, 0.4) is 0 Å². The van der Waals surface area contributed by atoms with E-state index in [1.54, 1.807) is 6.07 Å². The monoisotopic (exact) mass is 320 g/mol. The third-order valence-electron chi connectivity index (χ3n) is 5.47. The summed E-state index contributed by atoms with van der Waals surface area (Å²) in [4.78, 5) is 13.1. The van der Waals surface area contributed by atoms with Gasteiger partial charge in [-0.25, -0.2) is 0 Å². The molecule has 6 heteroatoms. The standard InChI is InChI=1S/C17H24N2O4/c1-3-23-16-11-15(20)17(16)6-8-18(9-7-17)13-5-4-12(2)10-14(13)19(21)22/h4-5,10,15-16,20H,3,6-9,11H2,1-2H3/t15-,16+/m1/s1. The molecule has 1 saturated heterocycles. The number of aliphatic hydroxyl groups excluding tert-OH is 1. The summed E-state index contributed by atoms with van der Waals surface area (Å²) in [6.45, 7) is 5.92. The zero-order valence-electron chi connectivity index (χ0n) is 13.7. The second-order valence-electron chi connectivity index (χ2n) is 6.66. The Morgan fingerprint density at radius 3 is 2.70 bits per heavy atom. The first-order chi connectivity index (χ1) is 11.0. The molecule has 1 aliphatic heterocycles. The Morgan fingerprint density at radius 1 is 1.43 bits per heavy atom. The van der Waals surface area contributed by atoms with E-state index >= 15 is 0 Å². The topological polar surface area (TPSA) is 75.8 Å². The summed E-state index contributed by atoms with van der Waals surface area (Å²) in [5.74, 6) is 0. The van der Waals surface area contributed by atoms with E-state index in [4.69, 9.17) is 4.74 Å². The number of anilines is 1. The van der Waals surface area contributed by atoms with Crippen LogP contribution in [0.1, 0.15) is 31.7 Å². The van der Waals surface area contributed by atoms with Gasteiger partial charge in [-0.3, -0.25) is 10.1 Å². The number of nitro groups is 1. The van der Waals surface area contributed by atoms with Crippen molar-refractivity contribution in [3.05, 3.63) is 33.9 Å². The maximum Gasteiger partial charge on any atom is 0.292 e. The number of aliphatic hydroxyl groups is 1. The summed E-state index contributed by atoms with van der Waals surface area (Å²) in [6.07, 6.45) is 2.14. The fourth-order valence-electron chi connectivity index (χ4n) is 4.03. The van der Waals surface area contributed by atoms with Gasteiger partial charge in [0.2, 0.25) is 0 Å². The second-order valence-corrected chi connectivity index (χ2v) is 6.66. The Kier molecular flexibility index (Phi) is 4.29. The summed E-state index contributed by atoms with van der Waals surface area (Å²) in [5.41, 5.74) is 1.57. The van der Waals surface area contributed by atoms with Gasteiger partial charge in [0.1, 0.15) is 5.69 Å². The van der Waals surface area contributed by atoms with Crippen molar-refractivity contribution in [2.24, 2.45) is 5.41 Å². The van der Waals surface area contributed by atoms with Gasteiger partial charge in [-0.15, -0.1) is 0 Å². The van der Waals surface area contributed by atoms with Crippen LogP contribution in [0.4, 0.5) is 11.4 Å². The molecule has 0 unspecified atom stereocenters. The zero-order chi connectivity index (χ0) is 16.6. The minimum absolute atomic E-state index is 0.123. The van der Waals surface area contributed by atoms with Crippen LogP contribution in [0.15, 0.2) is 18.2 Å². The number of rotatable bonds is 4. The van der Waals surface area contributed by atoms with E-state index < -0.39 is 0 Å². The van der Waals surface area contributed by atoms with Gasteiger partial charge in [-0.2, -0.15) is 0 Å². The number of nitrogens with zero attached hydrogens (tertiary/aromatic N) is 2. The van der Waals surface area contributed by atoms with E-state index in [9.17, 15) is 15.2 Å². The number of aryl methyl sites for hydroxylation is 1. The molecule has 23 heavy (non-hydrogen) atoms. The van der Waals surface area contributed by atoms with Crippen LogP contribution in [-0.2, 0) is 4.74 Å². The van der Waals surface area contributed by atoms with Crippen LogP contribution in [0.5, 0.6) is 0 Å². The largest absolute Gasteiger partial charge is 0.392 e. The Hall–Kier alpha value is -1.66. The quantitative estimate of drug-likeness (QED) is 0.682. The van der Waals surface area contributed by atoms with Gasteiger partial charge in [0.05, 0.1) is 17.1 Å². The number of hydrogen-bond donors (Lipinski definition) is 1. The van der Waals surface area contributed by atoms with E-state index in [-0.39, 0.29) is 28.2 Å². The lowest BCUT2D eigenvalue weighted by molar-refractivity contribution is -0.384.